The van der Waals surface area contributed by atoms with Crippen molar-refractivity contribution in [1.29, 1.82) is 0 Å². The van der Waals surface area contributed by atoms with Crippen LogP contribution in [-0.2, 0) is 0 Å². The summed E-state index contributed by atoms with van der Waals surface area (Å²) in [6.07, 6.45) is 2.64. The topological polar surface area (TPSA) is 142 Å². The minimum absolute atomic E-state index is 0.00501. The average molecular weight is 532 g/mol. The Morgan fingerprint density at radius 2 is 1.87 bits per heavy atom. The molecule has 3 aromatic rings. The largest absolute Gasteiger partial charge is 0.382 e. The quantitative estimate of drug-likeness (QED) is 0.359. The predicted octanol–water partition coefficient (Wildman–Crippen LogP) is 3.46. The molecule has 1 unspecified atom stereocenters. The first kappa shape index (κ1) is 26.7. The van der Waals surface area contributed by atoms with E-state index in [9.17, 15) is 22.8 Å². The monoisotopic (exact) mass is 531 g/mol. The first-order chi connectivity index (χ1) is 17.8. The fourth-order valence-corrected chi connectivity index (χ4v) is 4.02. The second-order valence-corrected chi connectivity index (χ2v) is 9.91. The molecule has 2 aromatic heterocycles. The number of urea groups is 1. The summed E-state index contributed by atoms with van der Waals surface area (Å²) >= 11 is 0. The van der Waals surface area contributed by atoms with Gasteiger partial charge in [-0.2, -0.15) is 19.0 Å². The number of amides is 3. The molecule has 0 aliphatic carbocycles. The lowest BCUT2D eigenvalue weighted by atomic mass is 9.88. The van der Waals surface area contributed by atoms with E-state index in [4.69, 9.17) is 5.73 Å². The Morgan fingerprint density at radius 3 is 2.47 bits per heavy atom. The van der Waals surface area contributed by atoms with E-state index in [0.29, 0.717) is 17.7 Å². The van der Waals surface area contributed by atoms with Gasteiger partial charge in [0, 0.05) is 42.0 Å². The van der Waals surface area contributed by atoms with Crippen LogP contribution < -0.4 is 21.7 Å². The molecule has 14 heteroatoms. The highest BCUT2D eigenvalue weighted by Gasteiger charge is 2.34. The van der Waals surface area contributed by atoms with E-state index >= 15 is 0 Å². The summed E-state index contributed by atoms with van der Waals surface area (Å²) in [5, 5.41) is 17.2. The summed E-state index contributed by atoms with van der Waals surface area (Å²) < 4.78 is 41.0. The molecule has 0 fully saturated rings. The fraction of sp³-hybridized carbons (Fsp3) is 0.375. The van der Waals surface area contributed by atoms with Crippen molar-refractivity contribution in [2.45, 2.75) is 39.4 Å². The lowest BCUT2D eigenvalue weighted by molar-refractivity contribution is -0.0467. The van der Waals surface area contributed by atoms with Crippen LogP contribution in [0.4, 0.5) is 29.5 Å². The van der Waals surface area contributed by atoms with Gasteiger partial charge in [0.1, 0.15) is 18.0 Å². The molecule has 1 aliphatic rings. The van der Waals surface area contributed by atoms with Gasteiger partial charge in [0.25, 0.3) is 5.91 Å². The molecule has 0 saturated heterocycles. The molecule has 1 atom stereocenters. The summed E-state index contributed by atoms with van der Waals surface area (Å²) in [5.74, 6) is -1.21. The maximum Gasteiger partial charge on any atom is 0.353 e. The van der Waals surface area contributed by atoms with Gasteiger partial charge >= 0.3 is 12.1 Å². The molecule has 0 radical (unpaired) electrons. The summed E-state index contributed by atoms with van der Waals surface area (Å²) in [6.45, 7) is 4.10. The second kappa shape index (κ2) is 9.84. The highest BCUT2D eigenvalue weighted by Crippen LogP contribution is 2.33. The van der Waals surface area contributed by atoms with E-state index in [-0.39, 0.29) is 34.0 Å². The molecular formula is C24H28F3N9O2. The smallest absolute Gasteiger partial charge is 0.353 e. The average Bonchev–Trinajstić information content (AvgIpc) is 3.41. The molecule has 11 nitrogen and oxygen atoms in total. The predicted molar refractivity (Wildman–Crippen MR) is 136 cm³/mol. The normalized spacial score (nSPS) is 15.9. The Bertz CT molecular complexity index is 1400. The van der Waals surface area contributed by atoms with Crippen LogP contribution >= 0.6 is 0 Å². The number of hydrogen-bond acceptors (Lipinski definition) is 7. The lowest BCUT2D eigenvalue weighted by Gasteiger charge is -2.21. The number of hydrogen-bond donors (Lipinski definition) is 4. The van der Waals surface area contributed by atoms with Crippen molar-refractivity contribution in [2.75, 3.05) is 24.8 Å². The number of carbonyl (C=O) groups excluding carboxylic acids is 2. The van der Waals surface area contributed by atoms with E-state index in [1.54, 1.807) is 36.3 Å². The van der Waals surface area contributed by atoms with Crippen LogP contribution in [0.3, 0.4) is 0 Å². The van der Waals surface area contributed by atoms with Gasteiger partial charge in [0.15, 0.2) is 12.5 Å². The van der Waals surface area contributed by atoms with Gasteiger partial charge in [-0.05, 0) is 17.7 Å². The van der Waals surface area contributed by atoms with Crippen LogP contribution in [-0.4, -0.2) is 63.2 Å². The number of fused-ring (bicyclic) bond motifs is 1. The van der Waals surface area contributed by atoms with E-state index in [0.717, 1.165) is 12.0 Å². The van der Waals surface area contributed by atoms with Crippen molar-refractivity contribution in [2.24, 2.45) is 10.5 Å². The van der Waals surface area contributed by atoms with Crippen LogP contribution in [0.25, 0.3) is 16.6 Å². The van der Waals surface area contributed by atoms with Crippen molar-refractivity contribution in [1.82, 2.24) is 30.2 Å². The van der Waals surface area contributed by atoms with Gasteiger partial charge in [-0.15, -0.1) is 0 Å². The number of aromatic nitrogens is 3. The third-order valence-electron chi connectivity index (χ3n) is 6.02. The molecular weight excluding hydrogens is 503 g/mol. The fourth-order valence-electron chi connectivity index (χ4n) is 4.02. The number of carbonyl (C=O) groups is 2. The zero-order valence-corrected chi connectivity index (χ0v) is 21.2. The molecule has 1 aromatic carbocycles. The van der Waals surface area contributed by atoms with Crippen LogP contribution in [0, 0.1) is 5.41 Å². The van der Waals surface area contributed by atoms with Crippen molar-refractivity contribution >= 4 is 34.7 Å². The lowest BCUT2D eigenvalue weighted by Crippen LogP contribution is -2.44. The summed E-state index contributed by atoms with van der Waals surface area (Å²) in [5.41, 5.74) is 7.87. The Balaban J connectivity index is 1.55. The van der Waals surface area contributed by atoms with Crippen LogP contribution in [0.15, 0.2) is 41.9 Å². The number of nitrogens with zero attached hydrogens (tertiary/aromatic N) is 5. The van der Waals surface area contributed by atoms with Gasteiger partial charge in [-0.25, -0.2) is 18.7 Å². The molecule has 3 heterocycles. The number of alkyl halides is 3. The second-order valence-electron chi connectivity index (χ2n) is 9.91. The first-order valence-electron chi connectivity index (χ1n) is 11.7. The van der Waals surface area contributed by atoms with Gasteiger partial charge in [0.2, 0.25) is 0 Å². The third-order valence-corrected chi connectivity index (χ3v) is 6.02. The van der Waals surface area contributed by atoms with Gasteiger partial charge < -0.3 is 16.4 Å². The van der Waals surface area contributed by atoms with Crippen LogP contribution in [0.5, 0.6) is 0 Å². The van der Waals surface area contributed by atoms with Crippen molar-refractivity contribution < 1.29 is 22.8 Å². The number of anilines is 2. The first-order valence-corrected chi connectivity index (χ1v) is 11.7. The number of rotatable bonds is 6. The Kier molecular flexibility index (Phi) is 6.91. The molecule has 5 N–H and O–H groups in total. The number of halogens is 3. The Morgan fingerprint density at radius 1 is 1.18 bits per heavy atom. The summed E-state index contributed by atoms with van der Waals surface area (Å²) in [4.78, 5) is 29.2. The molecule has 202 valence electrons. The Labute approximate surface area is 216 Å². The van der Waals surface area contributed by atoms with E-state index in [2.05, 4.69) is 46.6 Å². The number of nitrogen functional groups attached to an aromatic ring is 1. The molecule has 0 spiro atoms. The van der Waals surface area contributed by atoms with E-state index < -0.39 is 24.7 Å². The van der Waals surface area contributed by atoms with Crippen molar-refractivity contribution in [3.05, 3.63) is 42.4 Å². The Hall–Kier alpha value is -4.36. The molecule has 0 saturated carbocycles. The van der Waals surface area contributed by atoms with E-state index in [1.165, 1.54) is 16.0 Å². The molecule has 3 amide bonds. The maximum absolute atomic E-state index is 13.6. The van der Waals surface area contributed by atoms with E-state index in [1.807, 2.05) is 0 Å². The van der Waals surface area contributed by atoms with Gasteiger partial charge in [0.05, 0.1) is 5.56 Å². The van der Waals surface area contributed by atoms with Gasteiger partial charge in [-0.3, -0.25) is 15.1 Å². The highest BCUT2D eigenvalue weighted by atomic mass is 19.3. The third kappa shape index (κ3) is 5.48. The van der Waals surface area contributed by atoms with Crippen molar-refractivity contribution in [3.63, 3.8) is 0 Å². The highest BCUT2D eigenvalue weighted by molar-refractivity contribution is 6.07. The SMILES string of the molecule is CN1N=C(C(C)(C)C)CC1NC(=O)Nc1ccc(-c2c(C(=O)NC(F)(F)CF)cn3ncnc(N)c23)cc1. The summed E-state index contributed by atoms with van der Waals surface area (Å²) in [7, 11) is 1.78. The minimum atomic E-state index is -4.05. The minimum Gasteiger partial charge on any atom is -0.382 e. The van der Waals surface area contributed by atoms with Gasteiger partial charge in [-0.1, -0.05) is 32.9 Å². The molecule has 0 bridgehead atoms. The standard InChI is InChI=1S/C24H28F3N9O2/c1-23(2,3)16-9-17(35(4)34-16)32-22(38)31-14-7-5-13(6-8-14)18-15(21(37)33-24(26,27)11-25)10-36-19(18)20(28)29-12-30-36/h5-8,10,12,17H,9,11H2,1-4H3,(H,33,37)(H2,28,29,30)(H2,31,32,38). The number of nitrogens with one attached hydrogen (secondary N) is 3. The number of nitrogens with two attached hydrogens (primary N) is 1. The van der Waals surface area contributed by atoms with Crippen molar-refractivity contribution in [3.8, 4) is 11.1 Å². The molecule has 38 heavy (non-hydrogen) atoms. The zero-order chi connectivity index (χ0) is 27.8. The zero-order valence-electron chi connectivity index (χ0n) is 21.2. The maximum atomic E-state index is 13.6. The van der Waals surface area contributed by atoms with Crippen LogP contribution in [0.1, 0.15) is 37.6 Å². The summed E-state index contributed by atoms with van der Waals surface area (Å²) in [6, 6.07) is 1.80. The molecule has 4 rings (SSSR count). The molecule has 1 aliphatic heterocycles. The number of benzene rings is 1. The number of hydrazone groups is 1. The van der Waals surface area contributed by atoms with Crippen LogP contribution in [0.2, 0.25) is 0 Å².